The van der Waals surface area contributed by atoms with Crippen LogP contribution in [0.1, 0.15) is 28.0 Å². The van der Waals surface area contributed by atoms with Crippen LogP contribution in [0.25, 0.3) is 11.1 Å². The molecule has 0 aliphatic carbocycles. The van der Waals surface area contributed by atoms with E-state index in [9.17, 15) is 9.90 Å². The lowest BCUT2D eigenvalue weighted by Crippen LogP contribution is -2.09. The van der Waals surface area contributed by atoms with E-state index in [1.165, 1.54) is 6.07 Å². The summed E-state index contributed by atoms with van der Waals surface area (Å²) in [6.07, 6.45) is 0.392. The van der Waals surface area contributed by atoms with Gasteiger partial charge in [-0.25, -0.2) is 4.79 Å². The third-order valence-electron chi connectivity index (χ3n) is 4.55. The molecular weight excluding hydrogens is 340 g/mol. The second-order valence-electron chi connectivity index (χ2n) is 6.95. The number of hydrogen-bond donors (Lipinski definition) is 1. The highest BCUT2D eigenvalue weighted by atomic mass is 16.5. The van der Waals surface area contributed by atoms with E-state index in [-0.39, 0.29) is 11.3 Å². The maximum atomic E-state index is 12.6. The minimum absolute atomic E-state index is 0.0633. The van der Waals surface area contributed by atoms with E-state index in [0.29, 0.717) is 18.8 Å². The Morgan fingerprint density at radius 3 is 2.11 bits per heavy atom. The van der Waals surface area contributed by atoms with Crippen LogP contribution in [-0.4, -0.2) is 11.7 Å². The van der Waals surface area contributed by atoms with Gasteiger partial charge in [0.15, 0.2) is 0 Å². The molecule has 0 aliphatic rings. The first kappa shape index (κ1) is 18.8. The molecule has 1 aromatic heterocycles. The molecule has 0 atom stereocenters. The molecule has 1 N–H and O–H groups in total. The summed E-state index contributed by atoms with van der Waals surface area (Å²) in [7, 11) is 0. The number of rotatable bonds is 5. The summed E-state index contributed by atoms with van der Waals surface area (Å²) in [6.45, 7) is 8.23. The third-order valence-corrected chi connectivity index (χ3v) is 4.55. The Kier molecular flexibility index (Phi) is 5.36. The molecule has 0 amide bonds. The van der Waals surface area contributed by atoms with E-state index >= 15 is 0 Å². The average Bonchev–Trinajstić information content (AvgIpc) is 2.58. The first-order valence-electron chi connectivity index (χ1n) is 8.99. The summed E-state index contributed by atoms with van der Waals surface area (Å²) >= 11 is 0. The fourth-order valence-electron chi connectivity index (χ4n) is 3.36. The number of benzene rings is 2. The van der Waals surface area contributed by atoms with Gasteiger partial charge in [0.25, 0.3) is 0 Å². The highest BCUT2D eigenvalue weighted by Crippen LogP contribution is 2.32. The van der Waals surface area contributed by atoms with Gasteiger partial charge in [-0.15, -0.1) is 0 Å². The molecule has 0 bridgehead atoms. The largest absolute Gasteiger partial charge is 0.507 e. The second kappa shape index (κ2) is 7.70. The van der Waals surface area contributed by atoms with Crippen molar-refractivity contribution >= 4 is 0 Å². The number of ether oxygens (including phenoxy) is 1. The van der Waals surface area contributed by atoms with Crippen molar-refractivity contribution in [1.29, 1.82) is 0 Å². The zero-order valence-corrected chi connectivity index (χ0v) is 16.1. The Balaban J connectivity index is 1.81. The maximum Gasteiger partial charge on any atom is 0.347 e. The minimum atomic E-state index is -0.532. The van der Waals surface area contributed by atoms with Crippen LogP contribution < -0.4 is 10.4 Å². The minimum Gasteiger partial charge on any atom is -0.507 e. The van der Waals surface area contributed by atoms with Gasteiger partial charge in [0.1, 0.15) is 22.8 Å². The Morgan fingerprint density at radius 2 is 1.52 bits per heavy atom. The molecule has 0 fully saturated rings. The summed E-state index contributed by atoms with van der Waals surface area (Å²) in [5, 5.41) is 10.5. The van der Waals surface area contributed by atoms with E-state index in [1.807, 2.05) is 64.1 Å². The molecule has 0 spiro atoms. The van der Waals surface area contributed by atoms with Gasteiger partial charge in [0.05, 0.1) is 6.61 Å². The third kappa shape index (κ3) is 4.22. The topological polar surface area (TPSA) is 59.7 Å². The quantitative estimate of drug-likeness (QED) is 0.702. The Labute approximate surface area is 159 Å². The molecule has 0 unspecified atom stereocenters. The number of hydrogen-bond acceptors (Lipinski definition) is 4. The van der Waals surface area contributed by atoms with Crippen LogP contribution in [0, 0.1) is 27.7 Å². The molecule has 3 rings (SSSR count). The normalized spacial score (nSPS) is 10.8. The monoisotopic (exact) mass is 364 g/mol. The molecule has 0 saturated heterocycles. The number of aromatic hydroxyl groups is 1. The highest BCUT2D eigenvalue weighted by Gasteiger charge is 2.17. The van der Waals surface area contributed by atoms with E-state index in [2.05, 4.69) is 0 Å². The summed E-state index contributed by atoms with van der Waals surface area (Å²) in [4.78, 5) is 12.6. The molecule has 0 saturated carbocycles. The Bertz CT molecular complexity index is 991. The van der Waals surface area contributed by atoms with Crippen LogP contribution in [0.3, 0.4) is 0 Å². The SMILES string of the molecule is Cc1ccc(OCCc2cc(O)c(-c3c(C)cc(C)cc3C)c(=O)o2)cc1. The summed E-state index contributed by atoms with van der Waals surface area (Å²) in [6, 6.07) is 13.2. The lowest BCUT2D eigenvalue weighted by molar-refractivity contribution is 0.304. The van der Waals surface area contributed by atoms with E-state index < -0.39 is 5.63 Å². The van der Waals surface area contributed by atoms with Crippen molar-refractivity contribution in [1.82, 2.24) is 0 Å². The van der Waals surface area contributed by atoms with Gasteiger partial charge >= 0.3 is 5.63 Å². The van der Waals surface area contributed by atoms with Gasteiger partial charge in [-0.05, 0) is 56.5 Å². The van der Waals surface area contributed by atoms with Crippen molar-refractivity contribution in [2.45, 2.75) is 34.1 Å². The lowest BCUT2D eigenvalue weighted by Gasteiger charge is -2.13. The van der Waals surface area contributed by atoms with E-state index in [4.69, 9.17) is 9.15 Å². The average molecular weight is 364 g/mol. The molecule has 140 valence electrons. The summed E-state index contributed by atoms with van der Waals surface area (Å²) in [5.74, 6) is 1.09. The van der Waals surface area contributed by atoms with Crippen molar-refractivity contribution < 1.29 is 14.3 Å². The van der Waals surface area contributed by atoms with Gasteiger partial charge in [-0.1, -0.05) is 35.4 Å². The van der Waals surface area contributed by atoms with Gasteiger partial charge in [-0.3, -0.25) is 0 Å². The lowest BCUT2D eigenvalue weighted by atomic mass is 9.94. The molecule has 27 heavy (non-hydrogen) atoms. The smallest absolute Gasteiger partial charge is 0.347 e. The predicted molar refractivity (Wildman–Crippen MR) is 107 cm³/mol. The number of aryl methyl sites for hydroxylation is 4. The standard InChI is InChI=1S/C23H24O4/c1-14-5-7-18(8-6-14)26-10-9-19-13-20(24)22(23(25)27-19)21-16(3)11-15(2)12-17(21)4/h5-8,11-13,24H,9-10H2,1-4H3. The zero-order valence-electron chi connectivity index (χ0n) is 16.1. The fraction of sp³-hybridized carbons (Fsp3) is 0.261. The van der Waals surface area contributed by atoms with Crippen molar-refractivity contribution in [3.8, 4) is 22.6 Å². The van der Waals surface area contributed by atoms with Crippen LogP contribution in [0.2, 0.25) is 0 Å². The van der Waals surface area contributed by atoms with Crippen LogP contribution in [0.5, 0.6) is 11.5 Å². The van der Waals surface area contributed by atoms with Crippen LogP contribution >= 0.6 is 0 Å². The van der Waals surface area contributed by atoms with Crippen molar-refractivity contribution in [2.24, 2.45) is 0 Å². The molecule has 0 radical (unpaired) electrons. The van der Waals surface area contributed by atoms with E-state index in [0.717, 1.165) is 33.6 Å². The molecular formula is C23H24O4. The van der Waals surface area contributed by atoms with Crippen molar-refractivity contribution in [2.75, 3.05) is 6.61 Å². The molecule has 3 aromatic rings. The summed E-state index contributed by atoms with van der Waals surface area (Å²) in [5.41, 5.74) is 4.56. The molecule has 4 heteroatoms. The van der Waals surface area contributed by atoms with Crippen molar-refractivity contribution in [3.05, 3.63) is 80.9 Å². The highest BCUT2D eigenvalue weighted by molar-refractivity contribution is 5.75. The Morgan fingerprint density at radius 1 is 0.889 bits per heavy atom. The molecule has 4 nitrogen and oxygen atoms in total. The van der Waals surface area contributed by atoms with Crippen LogP contribution in [0.4, 0.5) is 0 Å². The van der Waals surface area contributed by atoms with Gasteiger partial charge in [-0.2, -0.15) is 0 Å². The first-order chi connectivity index (χ1) is 12.8. The van der Waals surface area contributed by atoms with Gasteiger partial charge in [0, 0.05) is 12.5 Å². The Hall–Kier alpha value is -3.01. The fourth-order valence-corrected chi connectivity index (χ4v) is 3.36. The zero-order chi connectivity index (χ0) is 19.6. The molecule has 2 aromatic carbocycles. The van der Waals surface area contributed by atoms with Crippen LogP contribution in [-0.2, 0) is 6.42 Å². The predicted octanol–water partition coefficient (Wildman–Crippen LogP) is 4.87. The summed E-state index contributed by atoms with van der Waals surface area (Å²) < 4.78 is 11.1. The molecule has 1 heterocycles. The second-order valence-corrected chi connectivity index (χ2v) is 6.95. The van der Waals surface area contributed by atoms with Crippen molar-refractivity contribution in [3.63, 3.8) is 0 Å². The molecule has 0 aliphatic heterocycles. The van der Waals surface area contributed by atoms with Crippen LogP contribution in [0.15, 0.2) is 51.7 Å². The van der Waals surface area contributed by atoms with E-state index in [1.54, 1.807) is 0 Å². The van der Waals surface area contributed by atoms with Gasteiger partial charge in [0.2, 0.25) is 0 Å². The van der Waals surface area contributed by atoms with Gasteiger partial charge < -0.3 is 14.3 Å². The first-order valence-corrected chi connectivity index (χ1v) is 8.99. The maximum absolute atomic E-state index is 12.6.